The van der Waals surface area contributed by atoms with E-state index in [1.54, 1.807) is 4.68 Å². The van der Waals surface area contributed by atoms with Crippen LogP contribution in [0.25, 0.3) is 5.69 Å². The average Bonchev–Trinajstić information content (AvgIpc) is 2.98. The van der Waals surface area contributed by atoms with E-state index in [9.17, 15) is 0 Å². The normalized spacial score (nSPS) is 10.7. The molecule has 20 heavy (non-hydrogen) atoms. The molecule has 0 radical (unpaired) electrons. The number of pyridine rings is 1. The fraction of sp³-hybridized carbons (Fsp3) is 0.133. The van der Waals surface area contributed by atoms with Crippen LogP contribution in [0, 0.1) is 0 Å². The van der Waals surface area contributed by atoms with Gasteiger partial charge in [-0.1, -0.05) is 17.3 Å². The Balaban J connectivity index is 1.77. The maximum absolute atomic E-state index is 5.53. The first-order chi connectivity index (χ1) is 9.85. The minimum Gasteiger partial charge on any atom is -0.325 e. The summed E-state index contributed by atoms with van der Waals surface area (Å²) >= 11 is 0. The molecule has 3 rings (SSSR count). The van der Waals surface area contributed by atoms with Crippen LogP contribution in [0.2, 0.25) is 0 Å². The van der Waals surface area contributed by atoms with Crippen LogP contribution in [0.3, 0.4) is 0 Å². The molecule has 0 bridgehead atoms. The molecule has 0 aliphatic heterocycles. The van der Waals surface area contributed by atoms with E-state index in [4.69, 9.17) is 5.73 Å². The highest BCUT2D eigenvalue weighted by atomic mass is 15.4. The predicted octanol–water partition coefficient (Wildman–Crippen LogP) is 1.71. The van der Waals surface area contributed by atoms with Gasteiger partial charge in [-0.15, -0.1) is 5.10 Å². The lowest BCUT2D eigenvalue weighted by molar-refractivity contribution is 0.796. The van der Waals surface area contributed by atoms with Crippen molar-refractivity contribution in [1.29, 1.82) is 0 Å². The van der Waals surface area contributed by atoms with Crippen LogP contribution in [-0.2, 0) is 13.0 Å². The van der Waals surface area contributed by atoms with Crippen molar-refractivity contribution < 1.29 is 0 Å². The Hall–Kier alpha value is -2.53. The molecule has 2 N–H and O–H groups in total. The van der Waals surface area contributed by atoms with Gasteiger partial charge < -0.3 is 5.73 Å². The standard InChI is InChI=1S/C15H15N5/c16-10-14-11-20(19-18-14)15-3-1-12(2-4-15)9-13-5-7-17-8-6-13/h1-8,11H,9-10,16H2. The van der Waals surface area contributed by atoms with Crippen LogP contribution in [0.4, 0.5) is 0 Å². The highest BCUT2D eigenvalue weighted by Crippen LogP contribution is 2.12. The number of hydrogen-bond donors (Lipinski definition) is 1. The van der Waals surface area contributed by atoms with E-state index in [1.165, 1.54) is 11.1 Å². The molecule has 0 aliphatic carbocycles. The number of aromatic nitrogens is 4. The van der Waals surface area contributed by atoms with Crippen molar-refractivity contribution in [3.8, 4) is 5.69 Å². The molecule has 0 aliphatic rings. The lowest BCUT2D eigenvalue weighted by Crippen LogP contribution is -1.96. The van der Waals surface area contributed by atoms with E-state index >= 15 is 0 Å². The second-order valence-electron chi connectivity index (χ2n) is 4.56. The van der Waals surface area contributed by atoms with Crippen molar-refractivity contribution >= 4 is 0 Å². The van der Waals surface area contributed by atoms with Crippen LogP contribution in [0.5, 0.6) is 0 Å². The first kappa shape index (κ1) is 12.5. The number of benzene rings is 1. The van der Waals surface area contributed by atoms with Gasteiger partial charge in [0.05, 0.1) is 17.6 Å². The topological polar surface area (TPSA) is 69.6 Å². The van der Waals surface area contributed by atoms with Crippen LogP contribution >= 0.6 is 0 Å². The highest BCUT2D eigenvalue weighted by molar-refractivity contribution is 5.35. The molecule has 5 nitrogen and oxygen atoms in total. The SMILES string of the molecule is NCc1cn(-c2ccc(Cc3ccncc3)cc2)nn1. The van der Waals surface area contributed by atoms with Crippen molar-refractivity contribution in [2.45, 2.75) is 13.0 Å². The molecule has 0 saturated carbocycles. The Kier molecular flexibility index (Phi) is 3.52. The third kappa shape index (κ3) is 2.73. The summed E-state index contributed by atoms with van der Waals surface area (Å²) in [6, 6.07) is 12.3. The number of nitrogens with zero attached hydrogens (tertiary/aromatic N) is 4. The average molecular weight is 265 g/mol. The van der Waals surface area contributed by atoms with Crippen molar-refractivity contribution in [2.24, 2.45) is 5.73 Å². The van der Waals surface area contributed by atoms with Crippen molar-refractivity contribution in [2.75, 3.05) is 0 Å². The van der Waals surface area contributed by atoms with Crippen LogP contribution in [0.15, 0.2) is 55.0 Å². The van der Waals surface area contributed by atoms with Crippen LogP contribution < -0.4 is 5.73 Å². The third-order valence-electron chi connectivity index (χ3n) is 3.11. The number of hydrogen-bond acceptors (Lipinski definition) is 4. The summed E-state index contributed by atoms with van der Waals surface area (Å²) in [6.07, 6.45) is 6.37. The van der Waals surface area contributed by atoms with Crippen molar-refractivity contribution in [3.63, 3.8) is 0 Å². The second-order valence-corrected chi connectivity index (χ2v) is 4.56. The monoisotopic (exact) mass is 265 g/mol. The first-order valence-electron chi connectivity index (χ1n) is 6.44. The zero-order valence-electron chi connectivity index (χ0n) is 11.0. The van der Waals surface area contributed by atoms with Gasteiger partial charge in [-0.3, -0.25) is 4.98 Å². The Morgan fingerprint density at radius 1 is 0.950 bits per heavy atom. The third-order valence-corrected chi connectivity index (χ3v) is 3.11. The van der Waals surface area contributed by atoms with Gasteiger partial charge in [0, 0.05) is 18.9 Å². The van der Waals surface area contributed by atoms with E-state index in [2.05, 4.69) is 27.4 Å². The summed E-state index contributed by atoms with van der Waals surface area (Å²) < 4.78 is 1.73. The largest absolute Gasteiger partial charge is 0.325 e. The smallest absolute Gasteiger partial charge is 0.0967 e. The lowest BCUT2D eigenvalue weighted by Gasteiger charge is -2.04. The lowest BCUT2D eigenvalue weighted by atomic mass is 10.1. The Morgan fingerprint density at radius 2 is 1.65 bits per heavy atom. The molecule has 3 aromatic rings. The maximum Gasteiger partial charge on any atom is 0.0967 e. The van der Waals surface area contributed by atoms with Crippen LogP contribution in [0.1, 0.15) is 16.8 Å². The fourth-order valence-electron chi connectivity index (χ4n) is 2.02. The number of rotatable bonds is 4. The van der Waals surface area contributed by atoms with Crippen LogP contribution in [-0.4, -0.2) is 20.0 Å². The van der Waals surface area contributed by atoms with E-state index in [1.807, 2.05) is 42.9 Å². The van der Waals surface area contributed by atoms with Gasteiger partial charge in [-0.05, 0) is 41.8 Å². The van der Waals surface area contributed by atoms with Gasteiger partial charge in [-0.25, -0.2) is 4.68 Å². The zero-order chi connectivity index (χ0) is 13.8. The second kappa shape index (κ2) is 5.63. The van der Waals surface area contributed by atoms with Gasteiger partial charge in [0.25, 0.3) is 0 Å². The van der Waals surface area contributed by atoms with E-state index in [0.717, 1.165) is 17.8 Å². The Labute approximate surface area is 117 Å². The summed E-state index contributed by atoms with van der Waals surface area (Å²) in [4.78, 5) is 4.02. The van der Waals surface area contributed by atoms with Crippen molar-refractivity contribution in [1.82, 2.24) is 20.0 Å². The molecule has 100 valence electrons. The molecule has 5 heteroatoms. The summed E-state index contributed by atoms with van der Waals surface area (Å²) in [7, 11) is 0. The van der Waals surface area contributed by atoms with Gasteiger partial charge in [0.1, 0.15) is 0 Å². The van der Waals surface area contributed by atoms with Gasteiger partial charge >= 0.3 is 0 Å². The van der Waals surface area contributed by atoms with E-state index in [0.29, 0.717) is 6.54 Å². The molecule has 0 saturated heterocycles. The zero-order valence-corrected chi connectivity index (χ0v) is 11.0. The van der Waals surface area contributed by atoms with E-state index < -0.39 is 0 Å². The molecule has 2 heterocycles. The summed E-state index contributed by atoms with van der Waals surface area (Å²) in [5.41, 5.74) is 9.79. The molecule has 0 fully saturated rings. The summed E-state index contributed by atoms with van der Waals surface area (Å²) in [5, 5.41) is 8.03. The Bertz CT molecular complexity index is 673. The summed E-state index contributed by atoms with van der Waals surface area (Å²) in [6.45, 7) is 0.403. The number of nitrogens with two attached hydrogens (primary N) is 1. The van der Waals surface area contributed by atoms with Gasteiger partial charge in [0.2, 0.25) is 0 Å². The fourth-order valence-corrected chi connectivity index (χ4v) is 2.02. The van der Waals surface area contributed by atoms with Crippen molar-refractivity contribution in [3.05, 3.63) is 71.8 Å². The molecule has 1 aromatic carbocycles. The maximum atomic E-state index is 5.53. The minimum atomic E-state index is 0.403. The highest BCUT2D eigenvalue weighted by Gasteiger charge is 2.02. The molecular formula is C15H15N5. The molecule has 0 atom stereocenters. The quantitative estimate of drug-likeness (QED) is 0.779. The van der Waals surface area contributed by atoms with Gasteiger partial charge in [-0.2, -0.15) is 0 Å². The molecule has 0 unspecified atom stereocenters. The van der Waals surface area contributed by atoms with E-state index in [-0.39, 0.29) is 0 Å². The Morgan fingerprint density at radius 3 is 2.30 bits per heavy atom. The van der Waals surface area contributed by atoms with Gasteiger partial charge in [0.15, 0.2) is 0 Å². The molecule has 2 aromatic heterocycles. The molecule has 0 amide bonds. The minimum absolute atomic E-state index is 0.403. The predicted molar refractivity (Wildman–Crippen MR) is 76.3 cm³/mol. The molecular weight excluding hydrogens is 250 g/mol. The molecule has 0 spiro atoms. The summed E-state index contributed by atoms with van der Waals surface area (Å²) in [5.74, 6) is 0. The first-order valence-corrected chi connectivity index (χ1v) is 6.44.